The van der Waals surface area contributed by atoms with Crippen LogP contribution < -0.4 is 14.4 Å². The number of anilines is 1. The van der Waals surface area contributed by atoms with Crippen LogP contribution in [-0.4, -0.2) is 50.5 Å². The van der Waals surface area contributed by atoms with Gasteiger partial charge in [0, 0.05) is 19.2 Å². The molecule has 6 nitrogen and oxygen atoms in total. The average molecular weight is 225 g/mol. The quantitative estimate of drug-likeness (QED) is 0.739. The minimum absolute atomic E-state index is 0.320. The van der Waals surface area contributed by atoms with Gasteiger partial charge < -0.3 is 19.1 Å². The molecule has 1 aromatic rings. The molecule has 16 heavy (non-hydrogen) atoms. The zero-order valence-corrected chi connectivity index (χ0v) is 9.47. The molecule has 0 atom stereocenters. The maximum atomic E-state index is 5.29. The van der Waals surface area contributed by atoms with Crippen LogP contribution >= 0.6 is 0 Å². The van der Waals surface area contributed by atoms with Crippen LogP contribution in [0.3, 0.4) is 0 Å². The van der Waals surface area contributed by atoms with Crippen molar-refractivity contribution in [2.45, 2.75) is 0 Å². The van der Waals surface area contributed by atoms with Crippen molar-refractivity contribution in [2.75, 3.05) is 45.4 Å². The fourth-order valence-corrected chi connectivity index (χ4v) is 1.54. The molecule has 1 aromatic heterocycles. The third kappa shape index (κ3) is 2.33. The van der Waals surface area contributed by atoms with Gasteiger partial charge in [-0.15, -0.1) is 0 Å². The minimum Gasteiger partial charge on any atom is -0.481 e. The number of methoxy groups -OCH3 is 2. The highest BCUT2D eigenvalue weighted by atomic mass is 16.5. The smallest absolute Gasteiger partial charge is 0.321 e. The zero-order valence-electron chi connectivity index (χ0n) is 9.47. The van der Waals surface area contributed by atoms with E-state index in [2.05, 4.69) is 14.9 Å². The molecule has 0 aromatic carbocycles. The Labute approximate surface area is 94.2 Å². The molecule has 2 heterocycles. The molecule has 2 rings (SSSR count). The largest absolute Gasteiger partial charge is 0.481 e. The summed E-state index contributed by atoms with van der Waals surface area (Å²) in [5.74, 6) is 1.32. The topological polar surface area (TPSA) is 56.7 Å². The van der Waals surface area contributed by atoms with E-state index in [9.17, 15) is 0 Å². The Balaban J connectivity index is 2.24. The summed E-state index contributed by atoms with van der Waals surface area (Å²) in [7, 11) is 3.11. The van der Waals surface area contributed by atoms with Crippen molar-refractivity contribution in [3.63, 3.8) is 0 Å². The van der Waals surface area contributed by atoms with Gasteiger partial charge >= 0.3 is 6.01 Å². The van der Waals surface area contributed by atoms with Gasteiger partial charge in [-0.3, -0.25) is 0 Å². The average Bonchev–Trinajstić information content (AvgIpc) is 2.39. The van der Waals surface area contributed by atoms with Gasteiger partial charge in [0.1, 0.15) is 5.82 Å². The standard InChI is InChI=1S/C10H15N3O3/c1-14-9-7-8(11-10(12-9)15-2)13-3-5-16-6-4-13/h7H,3-6H2,1-2H3. The van der Waals surface area contributed by atoms with Crippen LogP contribution in [0.15, 0.2) is 6.07 Å². The molecule has 0 aliphatic carbocycles. The summed E-state index contributed by atoms with van der Waals surface area (Å²) in [5.41, 5.74) is 0. The fraction of sp³-hybridized carbons (Fsp3) is 0.600. The summed E-state index contributed by atoms with van der Waals surface area (Å²) in [6.07, 6.45) is 0. The lowest BCUT2D eigenvalue weighted by Gasteiger charge is -2.27. The predicted molar refractivity (Wildman–Crippen MR) is 58.2 cm³/mol. The number of aromatic nitrogens is 2. The number of hydrogen-bond donors (Lipinski definition) is 0. The van der Waals surface area contributed by atoms with Crippen molar-refractivity contribution in [2.24, 2.45) is 0 Å². The van der Waals surface area contributed by atoms with Gasteiger partial charge in [-0.05, 0) is 0 Å². The van der Waals surface area contributed by atoms with Crippen LogP contribution in [0.1, 0.15) is 0 Å². The van der Waals surface area contributed by atoms with E-state index in [1.807, 2.05) is 0 Å². The monoisotopic (exact) mass is 225 g/mol. The van der Waals surface area contributed by atoms with Crippen molar-refractivity contribution >= 4 is 5.82 Å². The third-order valence-corrected chi connectivity index (χ3v) is 2.40. The Morgan fingerprint density at radius 2 is 1.94 bits per heavy atom. The highest BCUT2D eigenvalue weighted by Gasteiger charge is 2.15. The molecule has 0 bridgehead atoms. The van der Waals surface area contributed by atoms with Gasteiger partial charge in [-0.25, -0.2) is 0 Å². The summed E-state index contributed by atoms with van der Waals surface area (Å²) in [4.78, 5) is 10.5. The minimum atomic E-state index is 0.320. The second kappa shape index (κ2) is 4.98. The maximum absolute atomic E-state index is 5.29. The molecule has 0 unspecified atom stereocenters. The molecule has 0 spiro atoms. The normalized spacial score (nSPS) is 16.0. The Morgan fingerprint density at radius 3 is 2.56 bits per heavy atom. The summed E-state index contributed by atoms with van der Waals surface area (Å²) >= 11 is 0. The lowest BCUT2D eigenvalue weighted by molar-refractivity contribution is 0.122. The van der Waals surface area contributed by atoms with Crippen LogP contribution in [0.2, 0.25) is 0 Å². The third-order valence-electron chi connectivity index (χ3n) is 2.40. The molecule has 88 valence electrons. The Kier molecular flexibility index (Phi) is 3.40. The molecule has 1 saturated heterocycles. The molecule has 1 fully saturated rings. The van der Waals surface area contributed by atoms with Crippen LogP contribution in [0.5, 0.6) is 11.9 Å². The summed E-state index contributed by atoms with van der Waals surface area (Å²) < 4.78 is 15.4. The van der Waals surface area contributed by atoms with Gasteiger partial charge in [0.2, 0.25) is 5.88 Å². The first-order valence-corrected chi connectivity index (χ1v) is 5.13. The predicted octanol–water partition coefficient (Wildman–Crippen LogP) is 0.330. The van der Waals surface area contributed by atoms with Crippen molar-refractivity contribution < 1.29 is 14.2 Å². The number of rotatable bonds is 3. The highest BCUT2D eigenvalue weighted by Crippen LogP contribution is 2.21. The van der Waals surface area contributed by atoms with Crippen LogP contribution in [-0.2, 0) is 4.74 Å². The Morgan fingerprint density at radius 1 is 1.19 bits per heavy atom. The maximum Gasteiger partial charge on any atom is 0.321 e. The second-order valence-corrected chi connectivity index (χ2v) is 3.35. The zero-order chi connectivity index (χ0) is 11.4. The number of nitrogens with zero attached hydrogens (tertiary/aromatic N) is 3. The van der Waals surface area contributed by atoms with E-state index in [0.29, 0.717) is 25.1 Å². The molecule has 6 heteroatoms. The molecular weight excluding hydrogens is 210 g/mol. The molecule has 0 radical (unpaired) electrons. The van der Waals surface area contributed by atoms with E-state index in [1.165, 1.54) is 7.11 Å². The lowest BCUT2D eigenvalue weighted by atomic mass is 10.4. The molecule has 0 N–H and O–H groups in total. The van der Waals surface area contributed by atoms with Crippen molar-refractivity contribution in [3.05, 3.63) is 6.07 Å². The van der Waals surface area contributed by atoms with Crippen LogP contribution in [0, 0.1) is 0 Å². The number of ether oxygens (including phenoxy) is 3. The van der Waals surface area contributed by atoms with Crippen molar-refractivity contribution in [3.8, 4) is 11.9 Å². The lowest BCUT2D eigenvalue weighted by Crippen LogP contribution is -2.36. The van der Waals surface area contributed by atoms with Crippen molar-refractivity contribution in [1.82, 2.24) is 9.97 Å². The van der Waals surface area contributed by atoms with Crippen LogP contribution in [0.4, 0.5) is 5.82 Å². The van der Waals surface area contributed by atoms with E-state index in [0.717, 1.165) is 18.9 Å². The molecule has 1 aliphatic rings. The highest BCUT2D eigenvalue weighted by molar-refractivity contribution is 5.43. The van der Waals surface area contributed by atoms with E-state index in [1.54, 1.807) is 13.2 Å². The molecule has 0 amide bonds. The van der Waals surface area contributed by atoms with E-state index >= 15 is 0 Å². The Hall–Kier alpha value is -1.56. The van der Waals surface area contributed by atoms with Gasteiger partial charge in [-0.2, -0.15) is 9.97 Å². The van der Waals surface area contributed by atoms with E-state index in [-0.39, 0.29) is 0 Å². The fourth-order valence-electron chi connectivity index (χ4n) is 1.54. The number of hydrogen-bond acceptors (Lipinski definition) is 6. The van der Waals surface area contributed by atoms with Gasteiger partial charge in [0.25, 0.3) is 0 Å². The van der Waals surface area contributed by atoms with E-state index in [4.69, 9.17) is 14.2 Å². The van der Waals surface area contributed by atoms with Crippen molar-refractivity contribution in [1.29, 1.82) is 0 Å². The Bertz CT molecular complexity index is 331. The first kappa shape index (κ1) is 10.9. The first-order chi connectivity index (χ1) is 7.83. The first-order valence-electron chi connectivity index (χ1n) is 5.13. The summed E-state index contributed by atoms with van der Waals surface area (Å²) in [6, 6.07) is 2.12. The SMILES string of the molecule is COc1cc(N2CCOCC2)nc(OC)n1. The molecular formula is C10H15N3O3. The molecule has 0 saturated carbocycles. The van der Waals surface area contributed by atoms with Gasteiger partial charge in [0.05, 0.1) is 27.4 Å². The van der Waals surface area contributed by atoms with E-state index < -0.39 is 0 Å². The van der Waals surface area contributed by atoms with Gasteiger partial charge in [0.15, 0.2) is 0 Å². The second-order valence-electron chi connectivity index (χ2n) is 3.35. The van der Waals surface area contributed by atoms with Gasteiger partial charge in [-0.1, -0.05) is 0 Å². The number of morpholine rings is 1. The molecule has 1 aliphatic heterocycles. The summed E-state index contributed by atoms with van der Waals surface area (Å²) in [6.45, 7) is 3.08. The summed E-state index contributed by atoms with van der Waals surface area (Å²) in [5, 5.41) is 0. The van der Waals surface area contributed by atoms with Crippen LogP contribution in [0.25, 0.3) is 0 Å².